The molecule has 0 bridgehead atoms. The maximum absolute atomic E-state index is 9.56. The molecule has 0 aliphatic carbocycles. The van der Waals surface area contributed by atoms with Crippen LogP contribution in [0.5, 0.6) is 0 Å². The Morgan fingerprint density at radius 2 is 1.42 bits per heavy atom. The van der Waals surface area contributed by atoms with E-state index < -0.39 is 10.8 Å². The molecular weight excluding hydrogens is 172 g/mol. The van der Waals surface area contributed by atoms with Crippen LogP contribution in [-0.4, -0.2) is 22.2 Å². The van der Waals surface area contributed by atoms with E-state index in [2.05, 4.69) is 19.1 Å². The van der Waals surface area contributed by atoms with Crippen molar-refractivity contribution < 1.29 is 9.69 Å². The topological polar surface area (TPSA) is 48.6 Å². The van der Waals surface area contributed by atoms with Crippen LogP contribution in [0.1, 0.15) is 5.56 Å². The summed E-state index contributed by atoms with van der Waals surface area (Å²) >= 11 is 0. The third kappa shape index (κ3) is 12.0. The average Bonchev–Trinajstić information content (AvgIpc) is 1.87. The number of hydrogen-bond donors (Lipinski definition) is 0. The molecule has 1 rings (SSSR count). The highest BCUT2D eigenvalue weighted by Crippen LogP contribution is 1.92. The van der Waals surface area contributed by atoms with Gasteiger partial charge in [0.25, 0.3) is 0 Å². The van der Waals surface area contributed by atoms with E-state index in [4.69, 9.17) is 0 Å². The zero-order chi connectivity index (χ0) is 8.69. The van der Waals surface area contributed by atoms with Crippen LogP contribution in [-0.2, 0) is 10.8 Å². The lowest BCUT2D eigenvalue weighted by molar-refractivity contribution is 0.690. The van der Waals surface area contributed by atoms with Gasteiger partial charge in [-0.15, -0.1) is 0 Å². The van der Waals surface area contributed by atoms with Gasteiger partial charge in [-0.25, -0.2) is 0 Å². The van der Waals surface area contributed by atoms with Crippen molar-refractivity contribution in [3.05, 3.63) is 35.9 Å². The van der Waals surface area contributed by atoms with Gasteiger partial charge < -0.3 is 5.48 Å². The normalized spacial score (nSPS) is 8.00. The second-order valence-electron chi connectivity index (χ2n) is 2.40. The van der Waals surface area contributed by atoms with E-state index in [9.17, 15) is 4.21 Å². The zero-order valence-corrected chi connectivity index (χ0v) is 8.52. The number of hydrogen-bond acceptors (Lipinski definition) is 1. The monoisotopic (exact) mass is 188 g/mol. The molecule has 0 aliphatic rings. The van der Waals surface area contributed by atoms with Gasteiger partial charge >= 0.3 is 0 Å². The Labute approximate surface area is 76.4 Å². The maximum atomic E-state index is 9.56. The molecule has 0 fully saturated rings. The van der Waals surface area contributed by atoms with Gasteiger partial charge in [-0.1, -0.05) is 35.9 Å². The van der Waals surface area contributed by atoms with Crippen LogP contribution < -0.4 is 0 Å². The highest BCUT2D eigenvalue weighted by atomic mass is 32.2. The number of rotatable bonds is 0. The predicted octanol–water partition coefficient (Wildman–Crippen LogP) is 1.17. The summed E-state index contributed by atoms with van der Waals surface area (Å²) in [6.45, 7) is 2.08. The molecule has 12 heavy (non-hydrogen) atoms. The summed E-state index contributed by atoms with van der Waals surface area (Å²) in [6, 6.07) is 10.3. The van der Waals surface area contributed by atoms with Gasteiger partial charge in [0.2, 0.25) is 0 Å². The molecule has 0 aromatic heterocycles. The summed E-state index contributed by atoms with van der Waals surface area (Å²) < 4.78 is 9.56. The molecule has 0 unspecified atom stereocenters. The van der Waals surface area contributed by atoms with Gasteiger partial charge in [0.1, 0.15) is 0 Å². The van der Waals surface area contributed by atoms with Crippen molar-refractivity contribution in [2.75, 3.05) is 12.5 Å². The van der Waals surface area contributed by atoms with Crippen LogP contribution in [0, 0.1) is 6.92 Å². The lowest BCUT2D eigenvalue weighted by Gasteiger charge is -1.82. The molecule has 0 amide bonds. The second kappa shape index (κ2) is 8.43. The van der Waals surface area contributed by atoms with Gasteiger partial charge in [0.05, 0.1) is 0 Å². The van der Waals surface area contributed by atoms with Crippen molar-refractivity contribution in [1.29, 1.82) is 0 Å². The summed E-state index contributed by atoms with van der Waals surface area (Å²) in [4.78, 5) is 0. The lowest BCUT2D eigenvalue weighted by Crippen LogP contribution is -1.70. The molecule has 3 heteroatoms. The Bertz CT molecular complexity index is 205. The van der Waals surface area contributed by atoms with E-state index in [-0.39, 0.29) is 5.48 Å². The first kappa shape index (κ1) is 13.9. The van der Waals surface area contributed by atoms with Crippen molar-refractivity contribution >= 4 is 10.8 Å². The van der Waals surface area contributed by atoms with E-state index in [0.29, 0.717) is 0 Å². The summed E-state index contributed by atoms with van der Waals surface area (Å²) in [5, 5.41) is 0. The van der Waals surface area contributed by atoms with Gasteiger partial charge in [-0.2, -0.15) is 0 Å². The first-order valence-electron chi connectivity index (χ1n) is 3.39. The maximum Gasteiger partial charge on any atom is 0.0148 e. The Balaban J connectivity index is 0. The zero-order valence-electron chi connectivity index (χ0n) is 7.70. The molecule has 1 aromatic rings. The van der Waals surface area contributed by atoms with E-state index in [1.165, 1.54) is 5.56 Å². The quantitative estimate of drug-likeness (QED) is 0.603. The molecule has 2 nitrogen and oxygen atoms in total. The van der Waals surface area contributed by atoms with Crippen LogP contribution in [0.3, 0.4) is 0 Å². The molecule has 0 radical (unpaired) electrons. The second-order valence-corrected chi connectivity index (χ2v) is 3.88. The fourth-order valence-electron chi connectivity index (χ4n) is 0.534. The van der Waals surface area contributed by atoms with E-state index in [1.54, 1.807) is 12.5 Å². The third-order valence-electron chi connectivity index (χ3n) is 0.940. The molecule has 0 saturated carbocycles. The molecule has 0 heterocycles. The fourth-order valence-corrected chi connectivity index (χ4v) is 0.534. The molecule has 1 aromatic carbocycles. The number of benzene rings is 1. The van der Waals surface area contributed by atoms with Gasteiger partial charge in [-0.05, 0) is 6.92 Å². The minimum atomic E-state index is -0.611. The fraction of sp³-hybridized carbons (Fsp3) is 0.333. The molecule has 2 N–H and O–H groups in total. The summed E-state index contributed by atoms with van der Waals surface area (Å²) in [5.74, 6) is 0. The summed E-state index contributed by atoms with van der Waals surface area (Å²) in [6.07, 6.45) is 3.28. The predicted molar refractivity (Wildman–Crippen MR) is 54.8 cm³/mol. The van der Waals surface area contributed by atoms with Crippen LogP contribution in [0.2, 0.25) is 0 Å². The van der Waals surface area contributed by atoms with Crippen molar-refractivity contribution in [2.24, 2.45) is 0 Å². The van der Waals surface area contributed by atoms with Crippen molar-refractivity contribution in [3.8, 4) is 0 Å². The van der Waals surface area contributed by atoms with E-state index >= 15 is 0 Å². The third-order valence-corrected chi connectivity index (χ3v) is 0.940. The Hall–Kier alpha value is -0.670. The first-order valence-corrected chi connectivity index (χ1v) is 5.36. The van der Waals surface area contributed by atoms with Gasteiger partial charge in [-0.3, -0.25) is 4.21 Å². The van der Waals surface area contributed by atoms with Crippen molar-refractivity contribution in [1.82, 2.24) is 0 Å². The largest absolute Gasteiger partial charge is 0.412 e. The van der Waals surface area contributed by atoms with Gasteiger partial charge in [0.15, 0.2) is 0 Å². The molecular formula is C9H16O2S. The molecule has 0 aliphatic heterocycles. The van der Waals surface area contributed by atoms with Crippen molar-refractivity contribution in [3.63, 3.8) is 0 Å². The highest BCUT2D eigenvalue weighted by Gasteiger charge is 1.72. The van der Waals surface area contributed by atoms with Crippen molar-refractivity contribution in [2.45, 2.75) is 6.92 Å². The highest BCUT2D eigenvalue weighted by molar-refractivity contribution is 7.83. The summed E-state index contributed by atoms with van der Waals surface area (Å²) in [7, 11) is -0.611. The van der Waals surface area contributed by atoms with E-state index in [1.807, 2.05) is 18.2 Å². The summed E-state index contributed by atoms with van der Waals surface area (Å²) in [5.41, 5.74) is 1.32. The first-order chi connectivity index (χ1) is 5.13. The molecule has 70 valence electrons. The Morgan fingerprint density at radius 1 is 1.08 bits per heavy atom. The smallest absolute Gasteiger partial charge is 0.0148 e. The minimum absolute atomic E-state index is 0. The van der Waals surface area contributed by atoms with Crippen LogP contribution >= 0.6 is 0 Å². The Morgan fingerprint density at radius 3 is 1.58 bits per heavy atom. The minimum Gasteiger partial charge on any atom is -0.412 e. The molecule has 0 atom stereocenters. The SMILES string of the molecule is CS(C)=O.Cc1ccccc1.O. The standard InChI is InChI=1S/C7H8.C2H6OS.H2O/c1-7-5-3-2-4-6-7;1-4(2)3;/h2-6H,1H3;1-2H3;1H2. The Kier molecular flexibility index (Phi) is 9.75. The average molecular weight is 188 g/mol. The van der Waals surface area contributed by atoms with Gasteiger partial charge in [0, 0.05) is 23.3 Å². The number of aryl methyl sites for hydroxylation is 1. The van der Waals surface area contributed by atoms with Crippen LogP contribution in [0.4, 0.5) is 0 Å². The molecule has 0 spiro atoms. The lowest BCUT2D eigenvalue weighted by atomic mass is 10.2. The van der Waals surface area contributed by atoms with Crippen LogP contribution in [0.15, 0.2) is 30.3 Å². The van der Waals surface area contributed by atoms with Crippen LogP contribution in [0.25, 0.3) is 0 Å². The molecule has 0 saturated heterocycles. The van der Waals surface area contributed by atoms with E-state index in [0.717, 1.165) is 0 Å².